The van der Waals surface area contributed by atoms with Gasteiger partial charge in [-0.15, -0.1) is 0 Å². The number of carbonyl (C=O) groups is 6. The smallest absolute Gasteiger partial charge is 0.326 e. The molecule has 55 heavy (non-hydrogen) atoms. The van der Waals surface area contributed by atoms with Crippen molar-refractivity contribution in [3.8, 4) is 5.75 Å². The summed E-state index contributed by atoms with van der Waals surface area (Å²) in [5.74, 6) is -4.58. The molecule has 0 saturated carbocycles. The third kappa shape index (κ3) is 15.4. The zero-order valence-corrected chi connectivity index (χ0v) is 33.0. The van der Waals surface area contributed by atoms with E-state index in [0.717, 1.165) is 0 Å². The van der Waals surface area contributed by atoms with Crippen molar-refractivity contribution < 1.29 is 39.0 Å². The maximum atomic E-state index is 14.0. The van der Waals surface area contributed by atoms with Crippen molar-refractivity contribution in [3.05, 3.63) is 29.8 Å². The van der Waals surface area contributed by atoms with Crippen LogP contribution in [0.5, 0.6) is 5.75 Å². The van der Waals surface area contributed by atoms with Gasteiger partial charge in [-0.05, 0) is 74.0 Å². The number of carboxylic acid groups (broad SMARTS) is 1. The summed E-state index contributed by atoms with van der Waals surface area (Å²) in [4.78, 5) is 85.8. The number of hydrogen-bond acceptors (Lipinski definition) is 9. The highest BCUT2D eigenvalue weighted by molar-refractivity contribution is 5.96. The Morgan fingerprint density at radius 1 is 0.855 bits per heavy atom. The van der Waals surface area contributed by atoms with Gasteiger partial charge in [0, 0.05) is 19.5 Å². The average Bonchev–Trinajstić information content (AvgIpc) is 3.61. The number of phenols is 1. The van der Waals surface area contributed by atoms with Gasteiger partial charge < -0.3 is 53.6 Å². The highest BCUT2D eigenvalue weighted by Gasteiger charge is 2.40. The normalized spacial score (nSPS) is 17.3. The van der Waals surface area contributed by atoms with E-state index in [9.17, 15) is 39.0 Å². The maximum Gasteiger partial charge on any atom is 0.326 e. The van der Waals surface area contributed by atoms with Crippen molar-refractivity contribution in [1.29, 1.82) is 0 Å². The molecule has 0 unspecified atom stereocenters. The number of phenolic OH excluding ortho intramolecular Hbond substituents is 1. The van der Waals surface area contributed by atoms with Crippen LogP contribution in [0.2, 0.25) is 0 Å². The first-order valence-electron chi connectivity index (χ1n) is 19.2. The standard InChI is InChI=1S/C38H63N9O8/c1-7-23(6)31(35(52)45-29(37(54)55)19-22(4)5)46-33(50)27(20-24-12-14-25(48)15-13-24)43-34(51)30-11-9-17-47(30)36(53)28(18-21(2)3)44-32(49)26(39)10-8-16-42-38(40)41/h12-15,21-23,26-31,48H,7-11,16-20,39H2,1-6H3,(H,43,51)(H,44,49)(H,45,52)(H,46,50)(H,54,55)(H4,40,41,42)/t23-,26-,27-,28-,29-,30-,31-/m0/s1. The molecule has 1 aromatic carbocycles. The predicted octanol–water partition coefficient (Wildman–Crippen LogP) is 0.469. The van der Waals surface area contributed by atoms with Crippen LogP contribution in [0.3, 0.4) is 0 Å². The lowest BCUT2D eigenvalue weighted by molar-refractivity contribution is -0.143. The van der Waals surface area contributed by atoms with E-state index in [1.807, 2.05) is 34.6 Å². The number of rotatable bonds is 22. The molecule has 1 saturated heterocycles. The topological polar surface area (TPSA) is 285 Å². The third-order valence-corrected chi connectivity index (χ3v) is 9.59. The average molecular weight is 774 g/mol. The molecule has 0 aliphatic carbocycles. The predicted molar refractivity (Wildman–Crippen MR) is 208 cm³/mol. The minimum atomic E-state index is -1.22. The van der Waals surface area contributed by atoms with Crippen molar-refractivity contribution >= 4 is 41.5 Å². The van der Waals surface area contributed by atoms with Gasteiger partial charge >= 0.3 is 5.97 Å². The Labute approximate surface area is 324 Å². The van der Waals surface area contributed by atoms with Crippen molar-refractivity contribution in [2.45, 2.75) is 129 Å². The summed E-state index contributed by atoms with van der Waals surface area (Å²) in [6.07, 6.45) is 2.48. The fraction of sp³-hybridized carbons (Fsp3) is 0.658. The second-order valence-corrected chi connectivity index (χ2v) is 15.3. The van der Waals surface area contributed by atoms with Crippen molar-refractivity contribution in [2.75, 3.05) is 13.1 Å². The number of benzene rings is 1. The molecule has 12 N–H and O–H groups in total. The molecule has 17 nitrogen and oxygen atoms in total. The molecular weight excluding hydrogens is 710 g/mol. The highest BCUT2D eigenvalue weighted by atomic mass is 16.4. The number of carbonyl (C=O) groups excluding carboxylic acids is 5. The van der Waals surface area contributed by atoms with Gasteiger partial charge in [0.1, 0.15) is 36.0 Å². The Kier molecular flexibility index (Phi) is 18.9. The Bertz CT molecular complexity index is 1480. The Hall–Kier alpha value is -4.93. The van der Waals surface area contributed by atoms with Gasteiger partial charge in [0.05, 0.1) is 6.04 Å². The summed E-state index contributed by atoms with van der Waals surface area (Å²) >= 11 is 0. The zero-order chi connectivity index (χ0) is 41.4. The molecule has 1 heterocycles. The van der Waals surface area contributed by atoms with E-state index in [0.29, 0.717) is 44.2 Å². The zero-order valence-electron chi connectivity index (χ0n) is 33.0. The van der Waals surface area contributed by atoms with Crippen LogP contribution < -0.4 is 38.5 Å². The number of likely N-dealkylation sites (tertiary alicyclic amines) is 1. The minimum Gasteiger partial charge on any atom is -0.508 e. The maximum absolute atomic E-state index is 14.0. The fourth-order valence-electron chi connectivity index (χ4n) is 6.38. The number of aromatic hydroxyl groups is 1. The van der Waals surface area contributed by atoms with E-state index in [1.165, 1.54) is 17.0 Å². The quantitative estimate of drug-likeness (QED) is 0.0444. The number of guanidine groups is 1. The number of carboxylic acids is 1. The van der Waals surface area contributed by atoms with Crippen LogP contribution in [0.4, 0.5) is 0 Å². The SMILES string of the molecule is CC[C@H](C)[C@H](NC(=O)[C@H](Cc1ccc(O)cc1)NC(=O)[C@@H]1CCCN1C(=O)[C@H](CC(C)C)NC(=O)[C@@H](N)CCCN=C(N)N)C(=O)N[C@@H](CC(C)C)C(=O)O. The molecule has 308 valence electrons. The number of nitrogens with zero attached hydrogens (tertiary/aromatic N) is 2. The number of aliphatic carboxylic acids is 1. The summed E-state index contributed by atoms with van der Waals surface area (Å²) in [5, 5.41) is 30.5. The molecule has 0 bridgehead atoms. The largest absolute Gasteiger partial charge is 0.508 e. The van der Waals surface area contributed by atoms with Gasteiger partial charge in [0.2, 0.25) is 29.5 Å². The molecule has 1 aliphatic heterocycles. The number of nitrogens with two attached hydrogens (primary N) is 3. The lowest BCUT2D eigenvalue weighted by atomic mass is 9.96. The molecule has 1 aromatic rings. The van der Waals surface area contributed by atoms with E-state index in [4.69, 9.17) is 17.2 Å². The number of hydrogen-bond donors (Lipinski definition) is 9. The fourth-order valence-corrected chi connectivity index (χ4v) is 6.38. The van der Waals surface area contributed by atoms with Crippen molar-refractivity contribution in [2.24, 2.45) is 39.9 Å². The van der Waals surface area contributed by atoms with E-state index in [1.54, 1.807) is 19.1 Å². The molecule has 5 amide bonds. The van der Waals surface area contributed by atoms with Gasteiger partial charge in [0.15, 0.2) is 5.96 Å². The van der Waals surface area contributed by atoms with Crippen LogP contribution >= 0.6 is 0 Å². The molecule has 1 fully saturated rings. The van der Waals surface area contributed by atoms with Gasteiger partial charge in [-0.3, -0.25) is 29.0 Å². The van der Waals surface area contributed by atoms with Crippen LogP contribution in [0, 0.1) is 17.8 Å². The van der Waals surface area contributed by atoms with Crippen LogP contribution in [0.1, 0.15) is 92.1 Å². The van der Waals surface area contributed by atoms with E-state index in [-0.39, 0.29) is 49.4 Å². The lowest BCUT2D eigenvalue weighted by Gasteiger charge is -2.31. The van der Waals surface area contributed by atoms with Gasteiger partial charge in [-0.25, -0.2) is 4.79 Å². The summed E-state index contributed by atoms with van der Waals surface area (Å²) in [5.41, 5.74) is 17.4. The summed E-state index contributed by atoms with van der Waals surface area (Å²) in [6, 6.07) is -0.246. The summed E-state index contributed by atoms with van der Waals surface area (Å²) in [7, 11) is 0. The van der Waals surface area contributed by atoms with Gasteiger partial charge in [-0.1, -0.05) is 60.1 Å². The minimum absolute atomic E-state index is 0.00623. The second kappa shape index (κ2) is 22.4. The number of aliphatic imine (C=N–C) groups is 1. The Morgan fingerprint density at radius 2 is 1.45 bits per heavy atom. The molecular formula is C38H63N9O8. The lowest BCUT2D eigenvalue weighted by Crippen LogP contribution is -2.60. The van der Waals surface area contributed by atoms with Crippen LogP contribution in [0.25, 0.3) is 0 Å². The Balaban J connectivity index is 2.32. The molecule has 0 aromatic heterocycles. The molecule has 1 aliphatic rings. The van der Waals surface area contributed by atoms with E-state index < -0.39 is 77.7 Å². The van der Waals surface area contributed by atoms with Gasteiger partial charge in [0.25, 0.3) is 0 Å². The van der Waals surface area contributed by atoms with E-state index >= 15 is 0 Å². The number of amides is 5. The first-order chi connectivity index (χ1) is 25.8. The van der Waals surface area contributed by atoms with Crippen LogP contribution in [-0.4, -0.2) is 106 Å². The van der Waals surface area contributed by atoms with Gasteiger partial charge in [-0.2, -0.15) is 0 Å². The molecule has 0 radical (unpaired) electrons. The molecule has 17 heteroatoms. The second-order valence-electron chi connectivity index (χ2n) is 15.3. The summed E-state index contributed by atoms with van der Waals surface area (Å²) in [6.45, 7) is 11.6. The Morgan fingerprint density at radius 3 is 2.02 bits per heavy atom. The summed E-state index contributed by atoms with van der Waals surface area (Å²) < 4.78 is 0. The highest BCUT2D eigenvalue weighted by Crippen LogP contribution is 2.22. The van der Waals surface area contributed by atoms with Crippen molar-refractivity contribution in [3.63, 3.8) is 0 Å². The molecule has 7 atom stereocenters. The van der Waals surface area contributed by atoms with Crippen LogP contribution in [0.15, 0.2) is 29.3 Å². The van der Waals surface area contributed by atoms with Crippen LogP contribution in [-0.2, 0) is 35.2 Å². The van der Waals surface area contributed by atoms with Crippen molar-refractivity contribution in [1.82, 2.24) is 26.2 Å². The monoisotopic (exact) mass is 773 g/mol. The van der Waals surface area contributed by atoms with E-state index in [2.05, 4.69) is 26.3 Å². The first kappa shape index (κ1) is 46.2. The molecule has 2 rings (SSSR count). The first-order valence-corrected chi connectivity index (χ1v) is 19.2. The third-order valence-electron chi connectivity index (χ3n) is 9.59. The number of nitrogens with one attached hydrogen (secondary N) is 4. The molecule has 0 spiro atoms.